The molecule has 0 radical (unpaired) electrons. The molecule has 0 spiro atoms. The van der Waals surface area contributed by atoms with E-state index in [4.69, 9.17) is 20.3 Å². The van der Waals surface area contributed by atoms with Crippen molar-refractivity contribution < 1.29 is 15.0 Å². The predicted molar refractivity (Wildman–Crippen MR) is 29.5 cm³/mol. The van der Waals surface area contributed by atoms with Gasteiger partial charge in [0.1, 0.15) is 0 Å². The van der Waals surface area contributed by atoms with E-state index in [1.165, 1.54) is 0 Å². The fourth-order valence-electron chi connectivity index (χ4n) is 0. The molecular formula is C2H7KN2O3. The van der Waals surface area contributed by atoms with E-state index in [2.05, 4.69) is 6.57 Å². The maximum atomic E-state index is 8.56. The molecule has 0 saturated heterocycles. The molecule has 0 aliphatic carbocycles. The summed E-state index contributed by atoms with van der Waals surface area (Å²) < 4.78 is 0. The van der Waals surface area contributed by atoms with E-state index in [1.807, 2.05) is 0 Å². The molecule has 0 atom stereocenters. The van der Waals surface area contributed by atoms with Gasteiger partial charge in [-0.1, -0.05) is 0 Å². The first-order valence-corrected chi connectivity index (χ1v) is 0.910. The predicted octanol–water partition coefficient (Wildman–Crippen LogP) is -0.124. The summed E-state index contributed by atoms with van der Waals surface area (Å²) in [5.41, 5.74) is 0. The third kappa shape index (κ3) is 1440. The minimum absolute atomic E-state index is 0. The van der Waals surface area contributed by atoms with E-state index in [9.17, 15) is 0 Å². The second kappa shape index (κ2) is 26.4. The molecule has 0 aromatic heterocycles. The summed E-state index contributed by atoms with van der Waals surface area (Å²) >= 11 is 0. The van der Waals surface area contributed by atoms with E-state index >= 15 is 0 Å². The average molecular weight is 146 g/mol. The van der Waals surface area contributed by atoms with Crippen LogP contribution in [-0.2, 0) is 0 Å². The molecule has 0 heterocycles. The van der Waals surface area contributed by atoms with Gasteiger partial charge in [-0.05, 0) is 0 Å². The molecular weight excluding hydrogens is 139 g/mol. The minimum atomic E-state index is -1.83. The zero-order valence-corrected chi connectivity index (χ0v) is 3.53. The number of carboxylic acid groups (broad SMARTS) is 2. The van der Waals surface area contributed by atoms with Crippen LogP contribution in [0.1, 0.15) is 0 Å². The third-order valence-corrected chi connectivity index (χ3v) is 0. The van der Waals surface area contributed by atoms with Crippen LogP contribution in [0.2, 0.25) is 0 Å². The Bertz CT molecular complexity index is 59.5. The van der Waals surface area contributed by atoms with Crippen LogP contribution < -0.4 is 6.15 Å². The van der Waals surface area contributed by atoms with Gasteiger partial charge in [0.05, 0.1) is 0 Å². The number of nitrogens with zero attached hydrogens (tertiary/aromatic N) is 1. The van der Waals surface area contributed by atoms with Crippen LogP contribution in [-0.4, -0.2) is 67.8 Å². The summed E-state index contributed by atoms with van der Waals surface area (Å²) in [5.74, 6) is 0. The van der Waals surface area contributed by atoms with Gasteiger partial charge in [0.25, 0.3) is 0 Å². The van der Waals surface area contributed by atoms with Crippen molar-refractivity contribution in [2.45, 2.75) is 0 Å². The van der Waals surface area contributed by atoms with Gasteiger partial charge >= 0.3 is 57.5 Å². The Morgan fingerprint density at radius 3 is 1.38 bits per heavy atom. The van der Waals surface area contributed by atoms with E-state index in [0.717, 1.165) is 0 Å². The Balaban J connectivity index is -0.0000000183. The van der Waals surface area contributed by atoms with Gasteiger partial charge in [0, 0.05) is 6.57 Å². The molecule has 44 valence electrons. The SMILES string of the molecule is C#N.N.O=C(O)O.[KH]. The van der Waals surface area contributed by atoms with Crippen LogP contribution in [0.5, 0.6) is 0 Å². The topological polar surface area (TPSA) is 116 Å². The fraction of sp³-hybridized carbons (Fsp3) is 0. The molecule has 0 aliphatic rings. The van der Waals surface area contributed by atoms with Crippen molar-refractivity contribution in [2.24, 2.45) is 0 Å². The molecule has 0 aromatic carbocycles. The Hall–Kier alpha value is 0.356. The third-order valence-electron chi connectivity index (χ3n) is 0. The molecule has 0 rings (SSSR count). The van der Waals surface area contributed by atoms with Crippen molar-refractivity contribution in [2.75, 3.05) is 0 Å². The van der Waals surface area contributed by atoms with Crippen molar-refractivity contribution >= 4 is 57.5 Å². The van der Waals surface area contributed by atoms with Crippen LogP contribution in [0, 0.1) is 11.8 Å². The van der Waals surface area contributed by atoms with Gasteiger partial charge in [0.15, 0.2) is 0 Å². The fourth-order valence-corrected chi connectivity index (χ4v) is 0. The summed E-state index contributed by atoms with van der Waals surface area (Å²) in [5, 5.41) is 20.4. The van der Waals surface area contributed by atoms with E-state index in [-0.39, 0.29) is 57.5 Å². The number of hydrogen-bond acceptors (Lipinski definition) is 3. The van der Waals surface area contributed by atoms with Crippen LogP contribution in [0.4, 0.5) is 4.79 Å². The first-order chi connectivity index (χ1) is 2.73. The summed E-state index contributed by atoms with van der Waals surface area (Å²) in [7, 11) is 0. The number of rotatable bonds is 0. The molecule has 8 heavy (non-hydrogen) atoms. The van der Waals surface area contributed by atoms with Gasteiger partial charge in [-0.25, -0.2) is 10.1 Å². The van der Waals surface area contributed by atoms with Gasteiger partial charge in [-0.2, -0.15) is 0 Å². The molecule has 0 amide bonds. The van der Waals surface area contributed by atoms with Gasteiger partial charge in [-0.15, -0.1) is 0 Å². The molecule has 0 unspecified atom stereocenters. The second-order valence-corrected chi connectivity index (χ2v) is 0.283. The Kier molecular flexibility index (Phi) is 78.6. The van der Waals surface area contributed by atoms with Crippen molar-refractivity contribution in [3.63, 3.8) is 0 Å². The molecule has 0 aliphatic heterocycles. The van der Waals surface area contributed by atoms with Crippen molar-refractivity contribution in [1.29, 1.82) is 5.26 Å². The van der Waals surface area contributed by atoms with E-state index < -0.39 is 6.16 Å². The molecule has 0 bridgehead atoms. The zero-order chi connectivity index (χ0) is 5.58. The molecule has 0 saturated carbocycles. The summed E-state index contributed by atoms with van der Waals surface area (Å²) in [4.78, 5) is 8.56. The van der Waals surface area contributed by atoms with Gasteiger partial charge in [0.2, 0.25) is 0 Å². The summed E-state index contributed by atoms with van der Waals surface area (Å²) in [6.45, 7) is 3.50. The van der Waals surface area contributed by atoms with E-state index in [0.29, 0.717) is 0 Å². The van der Waals surface area contributed by atoms with Gasteiger partial charge < -0.3 is 16.4 Å². The maximum absolute atomic E-state index is 8.56. The molecule has 5 nitrogen and oxygen atoms in total. The standard InChI is InChI=1S/CHN.CH2O3.K.H3N.H/c1-2;2-1(3)4;;;/h1H;(H2,2,3,4);;1H3;. The van der Waals surface area contributed by atoms with Crippen molar-refractivity contribution in [3.05, 3.63) is 0 Å². The van der Waals surface area contributed by atoms with Crippen LogP contribution in [0.3, 0.4) is 0 Å². The normalized spacial score (nSPS) is 3.25. The summed E-state index contributed by atoms with van der Waals surface area (Å²) in [6.07, 6.45) is -1.83. The number of carbonyl (C=O) groups is 1. The van der Waals surface area contributed by atoms with Crippen LogP contribution >= 0.6 is 0 Å². The first-order valence-electron chi connectivity index (χ1n) is 0.910. The van der Waals surface area contributed by atoms with Crippen molar-refractivity contribution in [3.8, 4) is 6.57 Å². The quantitative estimate of drug-likeness (QED) is 0.412. The van der Waals surface area contributed by atoms with E-state index in [1.54, 1.807) is 0 Å². The molecule has 0 aromatic rings. The molecule has 6 heteroatoms. The first kappa shape index (κ1) is 23.8. The molecule has 5 N–H and O–H groups in total. The van der Waals surface area contributed by atoms with Crippen LogP contribution in [0.25, 0.3) is 0 Å². The average Bonchev–Trinajstić information content (AvgIpc) is 1.41. The second-order valence-electron chi connectivity index (χ2n) is 0.283. The van der Waals surface area contributed by atoms with Crippen molar-refractivity contribution in [1.82, 2.24) is 6.15 Å². The Morgan fingerprint density at radius 1 is 1.38 bits per heavy atom. The molecule has 0 fully saturated rings. The number of hydrogen-bond donors (Lipinski definition) is 3. The monoisotopic (exact) mass is 146 g/mol. The Labute approximate surface area is 89.3 Å². The van der Waals surface area contributed by atoms with Crippen LogP contribution in [0.15, 0.2) is 0 Å². The zero-order valence-electron chi connectivity index (χ0n) is 3.53. The van der Waals surface area contributed by atoms with Gasteiger partial charge in [-0.3, -0.25) is 0 Å². The summed E-state index contributed by atoms with van der Waals surface area (Å²) in [6, 6.07) is 0. The number of nitriles is 1. The Morgan fingerprint density at radius 2 is 1.38 bits per heavy atom.